The molecule has 0 spiro atoms. The summed E-state index contributed by atoms with van der Waals surface area (Å²) in [5, 5.41) is 3.17. The van der Waals surface area contributed by atoms with Crippen LogP contribution in [-0.4, -0.2) is 36.1 Å². The zero-order valence-corrected chi connectivity index (χ0v) is 9.50. The first-order valence-electron chi connectivity index (χ1n) is 5.33. The molecule has 6 heteroatoms. The van der Waals surface area contributed by atoms with Gasteiger partial charge in [-0.25, -0.2) is 9.37 Å². The summed E-state index contributed by atoms with van der Waals surface area (Å²) in [6.07, 6.45) is 0.985. The van der Waals surface area contributed by atoms with E-state index in [2.05, 4.69) is 15.3 Å². The second-order valence-electron chi connectivity index (χ2n) is 4.03. The molecule has 5 nitrogen and oxygen atoms in total. The second kappa shape index (κ2) is 4.21. The molecule has 0 aliphatic carbocycles. The van der Waals surface area contributed by atoms with E-state index in [-0.39, 0.29) is 11.8 Å². The Hall–Kier alpha value is -1.43. The third kappa shape index (κ3) is 1.92. The standard InChI is InChI=1S/C10H16FN5/c1-6-8(11)9(15-10(12)14-6)16-4-3-7(5-16)13-2/h7,13H,3-5H2,1-2H3,(H2,12,14,15)/t7-/m1/s1. The minimum absolute atomic E-state index is 0.127. The molecule has 3 N–H and O–H groups in total. The fourth-order valence-corrected chi connectivity index (χ4v) is 1.96. The first kappa shape index (κ1) is 11.1. The zero-order valence-electron chi connectivity index (χ0n) is 9.50. The summed E-state index contributed by atoms with van der Waals surface area (Å²) in [6.45, 7) is 3.14. The van der Waals surface area contributed by atoms with Crippen molar-refractivity contribution in [2.24, 2.45) is 0 Å². The average molecular weight is 225 g/mol. The molecule has 0 radical (unpaired) electrons. The number of hydrogen-bond acceptors (Lipinski definition) is 5. The van der Waals surface area contributed by atoms with Crippen LogP contribution in [0.3, 0.4) is 0 Å². The summed E-state index contributed by atoms with van der Waals surface area (Å²) in [6, 6.07) is 0.385. The number of nitrogens with two attached hydrogens (primary N) is 1. The molecule has 0 aromatic carbocycles. The van der Waals surface area contributed by atoms with E-state index in [0.717, 1.165) is 19.5 Å². The molecule has 16 heavy (non-hydrogen) atoms. The Labute approximate surface area is 93.9 Å². The largest absolute Gasteiger partial charge is 0.368 e. The van der Waals surface area contributed by atoms with Gasteiger partial charge in [-0.3, -0.25) is 0 Å². The smallest absolute Gasteiger partial charge is 0.222 e. The average Bonchev–Trinajstić information content (AvgIpc) is 2.71. The Balaban J connectivity index is 2.27. The highest BCUT2D eigenvalue weighted by Crippen LogP contribution is 2.23. The molecule has 1 aliphatic rings. The maximum Gasteiger partial charge on any atom is 0.222 e. The Kier molecular flexibility index (Phi) is 2.91. The fraction of sp³-hybridized carbons (Fsp3) is 0.600. The zero-order chi connectivity index (χ0) is 11.7. The van der Waals surface area contributed by atoms with Crippen molar-refractivity contribution in [1.29, 1.82) is 0 Å². The van der Waals surface area contributed by atoms with Gasteiger partial charge in [-0.1, -0.05) is 0 Å². The topological polar surface area (TPSA) is 67.1 Å². The molecule has 1 aromatic heterocycles. The number of nitrogens with one attached hydrogen (secondary N) is 1. The number of hydrogen-bond donors (Lipinski definition) is 2. The Morgan fingerprint density at radius 3 is 2.88 bits per heavy atom. The number of rotatable bonds is 2. The SMILES string of the molecule is CN[C@@H]1CCN(c2nc(N)nc(C)c2F)C1. The van der Waals surface area contributed by atoms with Crippen molar-refractivity contribution >= 4 is 11.8 Å². The van der Waals surface area contributed by atoms with Gasteiger partial charge >= 0.3 is 0 Å². The maximum absolute atomic E-state index is 13.8. The number of anilines is 2. The first-order chi connectivity index (χ1) is 7.61. The van der Waals surface area contributed by atoms with E-state index in [4.69, 9.17) is 5.73 Å². The lowest BCUT2D eigenvalue weighted by atomic mass is 10.3. The van der Waals surface area contributed by atoms with Crippen LogP contribution in [-0.2, 0) is 0 Å². The maximum atomic E-state index is 13.8. The molecule has 0 amide bonds. The number of halogens is 1. The van der Waals surface area contributed by atoms with Crippen LogP contribution in [0, 0.1) is 12.7 Å². The van der Waals surface area contributed by atoms with Gasteiger partial charge in [-0.15, -0.1) is 0 Å². The lowest BCUT2D eigenvalue weighted by Crippen LogP contribution is -2.30. The molecule has 1 aromatic rings. The number of aryl methyl sites for hydroxylation is 1. The van der Waals surface area contributed by atoms with Crippen molar-refractivity contribution in [2.45, 2.75) is 19.4 Å². The number of nitrogens with zero attached hydrogens (tertiary/aromatic N) is 3. The fourth-order valence-electron chi connectivity index (χ4n) is 1.96. The molecule has 0 unspecified atom stereocenters. The van der Waals surface area contributed by atoms with Crippen LogP contribution in [0.5, 0.6) is 0 Å². The molecule has 2 heterocycles. The van der Waals surface area contributed by atoms with Crippen LogP contribution in [0.2, 0.25) is 0 Å². The van der Waals surface area contributed by atoms with Gasteiger partial charge in [0, 0.05) is 19.1 Å². The normalized spacial score (nSPS) is 20.4. The Morgan fingerprint density at radius 1 is 1.50 bits per heavy atom. The van der Waals surface area contributed by atoms with Crippen molar-refractivity contribution in [3.05, 3.63) is 11.5 Å². The minimum atomic E-state index is -0.369. The Bertz CT molecular complexity index is 395. The second-order valence-corrected chi connectivity index (χ2v) is 4.03. The van der Waals surface area contributed by atoms with Crippen LogP contribution in [0.4, 0.5) is 16.2 Å². The molecule has 2 rings (SSSR count). The van der Waals surface area contributed by atoms with Crippen molar-refractivity contribution in [2.75, 3.05) is 30.8 Å². The Morgan fingerprint density at radius 2 is 2.25 bits per heavy atom. The highest BCUT2D eigenvalue weighted by molar-refractivity contribution is 5.46. The van der Waals surface area contributed by atoms with Gasteiger partial charge in [-0.2, -0.15) is 4.98 Å². The molecular formula is C10H16FN5. The van der Waals surface area contributed by atoms with Crippen molar-refractivity contribution in [1.82, 2.24) is 15.3 Å². The van der Waals surface area contributed by atoms with Crippen LogP contribution >= 0.6 is 0 Å². The van der Waals surface area contributed by atoms with Crippen LogP contribution in [0.25, 0.3) is 0 Å². The molecule has 88 valence electrons. The highest BCUT2D eigenvalue weighted by atomic mass is 19.1. The summed E-state index contributed by atoms with van der Waals surface area (Å²) in [5.74, 6) is 0.0792. The summed E-state index contributed by atoms with van der Waals surface area (Å²) in [4.78, 5) is 9.67. The van der Waals surface area contributed by atoms with Gasteiger partial charge < -0.3 is 16.0 Å². The molecule has 1 atom stereocenters. The van der Waals surface area contributed by atoms with Crippen LogP contribution in [0.1, 0.15) is 12.1 Å². The quantitative estimate of drug-likeness (QED) is 0.758. The third-order valence-electron chi connectivity index (χ3n) is 2.91. The number of likely N-dealkylation sites (N-methyl/N-ethyl adjacent to an activating group) is 1. The monoisotopic (exact) mass is 225 g/mol. The first-order valence-corrected chi connectivity index (χ1v) is 5.33. The summed E-state index contributed by atoms with van der Waals surface area (Å²) < 4.78 is 13.8. The van der Waals surface area contributed by atoms with Gasteiger partial charge in [0.25, 0.3) is 0 Å². The van der Waals surface area contributed by atoms with Gasteiger partial charge in [0.2, 0.25) is 5.95 Å². The predicted octanol–water partition coefficient (Wildman–Crippen LogP) is 0.304. The van der Waals surface area contributed by atoms with Gasteiger partial charge in [0.15, 0.2) is 11.6 Å². The summed E-state index contributed by atoms with van der Waals surface area (Å²) in [5.41, 5.74) is 5.83. The van der Waals surface area contributed by atoms with E-state index in [1.54, 1.807) is 6.92 Å². The van der Waals surface area contributed by atoms with E-state index in [1.807, 2.05) is 11.9 Å². The molecular weight excluding hydrogens is 209 g/mol. The molecule has 1 aliphatic heterocycles. The molecule has 0 saturated carbocycles. The van der Waals surface area contributed by atoms with Crippen LogP contribution < -0.4 is 16.0 Å². The van der Waals surface area contributed by atoms with Crippen LogP contribution in [0.15, 0.2) is 0 Å². The summed E-state index contributed by atoms with van der Waals surface area (Å²) >= 11 is 0. The predicted molar refractivity (Wildman–Crippen MR) is 60.8 cm³/mol. The number of aromatic nitrogens is 2. The van der Waals surface area contributed by atoms with Crippen molar-refractivity contribution in [3.63, 3.8) is 0 Å². The van der Waals surface area contributed by atoms with Gasteiger partial charge in [0.05, 0.1) is 5.69 Å². The van der Waals surface area contributed by atoms with Crippen molar-refractivity contribution < 1.29 is 4.39 Å². The third-order valence-corrected chi connectivity index (χ3v) is 2.91. The minimum Gasteiger partial charge on any atom is -0.368 e. The van der Waals surface area contributed by atoms with E-state index in [1.165, 1.54) is 0 Å². The summed E-state index contributed by atoms with van der Waals surface area (Å²) in [7, 11) is 1.91. The highest BCUT2D eigenvalue weighted by Gasteiger charge is 2.25. The van der Waals surface area contributed by atoms with E-state index in [0.29, 0.717) is 17.6 Å². The van der Waals surface area contributed by atoms with Crippen molar-refractivity contribution in [3.8, 4) is 0 Å². The lowest BCUT2D eigenvalue weighted by Gasteiger charge is -2.18. The number of nitrogen functional groups attached to an aromatic ring is 1. The van der Waals surface area contributed by atoms with E-state index < -0.39 is 0 Å². The van der Waals surface area contributed by atoms with E-state index >= 15 is 0 Å². The molecule has 1 saturated heterocycles. The molecule has 0 bridgehead atoms. The lowest BCUT2D eigenvalue weighted by molar-refractivity contribution is 0.592. The van der Waals surface area contributed by atoms with E-state index in [9.17, 15) is 4.39 Å². The van der Waals surface area contributed by atoms with Gasteiger partial charge in [-0.05, 0) is 20.4 Å². The van der Waals surface area contributed by atoms with Gasteiger partial charge in [0.1, 0.15) is 0 Å². The molecule has 1 fully saturated rings.